The minimum absolute atomic E-state index is 0. The molecule has 0 aliphatic heterocycles. The Morgan fingerprint density at radius 2 is 1.90 bits per heavy atom. The van der Waals surface area contributed by atoms with Crippen molar-refractivity contribution in [1.82, 2.24) is 10.6 Å². The fourth-order valence-electron chi connectivity index (χ4n) is 2.84. The fourth-order valence-corrected chi connectivity index (χ4v) is 3.98. The van der Waals surface area contributed by atoms with Crippen molar-refractivity contribution >= 4 is 51.4 Å². The van der Waals surface area contributed by atoms with E-state index in [1.54, 1.807) is 32.2 Å². The Kier molecular flexibility index (Phi) is 10.9. The maximum Gasteiger partial charge on any atom is 0.191 e. The number of aryl methyl sites for hydroxylation is 1. The number of ether oxygens (including phenoxy) is 1. The molecule has 9 heteroatoms. The van der Waals surface area contributed by atoms with E-state index >= 15 is 0 Å². The van der Waals surface area contributed by atoms with Gasteiger partial charge in [0.05, 0.1) is 16.5 Å². The Morgan fingerprint density at radius 1 is 1.20 bits per heavy atom. The summed E-state index contributed by atoms with van der Waals surface area (Å²) in [6.07, 6.45) is 1.96. The van der Waals surface area contributed by atoms with Crippen LogP contribution < -0.4 is 15.4 Å². The largest absolute Gasteiger partial charge is 0.487 e. The van der Waals surface area contributed by atoms with Crippen molar-refractivity contribution in [3.63, 3.8) is 0 Å². The average Bonchev–Trinajstić information content (AvgIpc) is 2.67. The predicted octanol–water partition coefficient (Wildman–Crippen LogP) is 4.19. The van der Waals surface area contributed by atoms with Crippen molar-refractivity contribution < 1.29 is 13.2 Å². The van der Waals surface area contributed by atoms with Gasteiger partial charge in [-0.25, -0.2) is 8.42 Å². The SMILES string of the molecule is CCC(CNC(=NC)NCc1ccc(S(C)(=O)=O)c(C)c1)Oc1ccccc1Cl.I. The zero-order valence-electron chi connectivity index (χ0n) is 17.6. The van der Waals surface area contributed by atoms with E-state index in [1.165, 1.54) is 6.26 Å². The number of sulfone groups is 1. The fraction of sp³-hybridized carbons (Fsp3) is 0.381. The summed E-state index contributed by atoms with van der Waals surface area (Å²) in [4.78, 5) is 4.58. The van der Waals surface area contributed by atoms with Crippen LogP contribution in [0.2, 0.25) is 5.02 Å². The summed E-state index contributed by atoms with van der Waals surface area (Å²) in [6.45, 7) is 4.93. The summed E-state index contributed by atoms with van der Waals surface area (Å²) < 4.78 is 29.5. The van der Waals surface area contributed by atoms with Crippen molar-refractivity contribution in [2.75, 3.05) is 19.8 Å². The highest BCUT2D eigenvalue weighted by Gasteiger charge is 2.13. The van der Waals surface area contributed by atoms with Gasteiger partial charge in [0.1, 0.15) is 11.9 Å². The van der Waals surface area contributed by atoms with Crippen LogP contribution >= 0.6 is 35.6 Å². The van der Waals surface area contributed by atoms with Crippen LogP contribution in [0.3, 0.4) is 0 Å². The molecule has 0 aliphatic rings. The second-order valence-corrected chi connectivity index (χ2v) is 9.15. The maximum atomic E-state index is 11.7. The first kappa shape index (κ1) is 26.5. The Morgan fingerprint density at radius 3 is 2.47 bits per heavy atom. The topological polar surface area (TPSA) is 79.8 Å². The van der Waals surface area contributed by atoms with Gasteiger partial charge in [0.25, 0.3) is 0 Å². The third-order valence-electron chi connectivity index (χ3n) is 4.41. The van der Waals surface area contributed by atoms with Crippen LogP contribution in [-0.2, 0) is 16.4 Å². The third-order valence-corrected chi connectivity index (χ3v) is 5.97. The van der Waals surface area contributed by atoms with E-state index in [-0.39, 0.29) is 30.1 Å². The maximum absolute atomic E-state index is 11.7. The first-order valence-corrected chi connectivity index (χ1v) is 11.7. The summed E-state index contributed by atoms with van der Waals surface area (Å²) in [6, 6.07) is 12.7. The molecule has 0 spiro atoms. The van der Waals surface area contributed by atoms with Crippen LogP contribution in [0, 0.1) is 6.92 Å². The van der Waals surface area contributed by atoms with Gasteiger partial charge in [0.15, 0.2) is 15.8 Å². The number of halogens is 2. The molecule has 30 heavy (non-hydrogen) atoms. The van der Waals surface area contributed by atoms with Crippen molar-refractivity contribution in [1.29, 1.82) is 0 Å². The lowest BCUT2D eigenvalue weighted by atomic mass is 10.1. The van der Waals surface area contributed by atoms with Crippen molar-refractivity contribution in [3.8, 4) is 5.75 Å². The van der Waals surface area contributed by atoms with Gasteiger partial charge < -0.3 is 15.4 Å². The molecule has 1 unspecified atom stereocenters. The number of para-hydroxylation sites is 1. The number of nitrogens with one attached hydrogen (secondary N) is 2. The molecule has 0 saturated heterocycles. The van der Waals surface area contributed by atoms with Gasteiger partial charge in [0.2, 0.25) is 0 Å². The Bertz CT molecular complexity index is 968. The Balaban J connectivity index is 0.00000450. The number of benzene rings is 2. The second kappa shape index (κ2) is 12.4. The molecule has 2 rings (SSSR count). The van der Waals surface area contributed by atoms with Gasteiger partial charge >= 0.3 is 0 Å². The average molecular weight is 566 g/mol. The number of guanidine groups is 1. The zero-order valence-corrected chi connectivity index (χ0v) is 21.5. The number of nitrogens with zero attached hydrogens (tertiary/aromatic N) is 1. The van der Waals surface area contributed by atoms with Crippen LogP contribution in [0.25, 0.3) is 0 Å². The molecular formula is C21H29ClIN3O3S. The van der Waals surface area contributed by atoms with Crippen LogP contribution in [-0.4, -0.2) is 40.3 Å². The quantitative estimate of drug-likeness (QED) is 0.285. The van der Waals surface area contributed by atoms with Crippen molar-refractivity contribution in [2.45, 2.75) is 37.8 Å². The number of rotatable bonds is 8. The van der Waals surface area contributed by atoms with E-state index in [9.17, 15) is 8.42 Å². The Hall–Kier alpha value is -1.52. The highest BCUT2D eigenvalue weighted by atomic mass is 127. The number of aliphatic imine (C=N–C) groups is 1. The molecule has 0 aromatic heterocycles. The Labute approximate surface area is 201 Å². The molecule has 1 atom stereocenters. The van der Waals surface area contributed by atoms with Crippen LogP contribution in [0.15, 0.2) is 52.4 Å². The summed E-state index contributed by atoms with van der Waals surface area (Å²) in [5, 5.41) is 7.07. The van der Waals surface area contributed by atoms with E-state index in [0.717, 1.165) is 17.5 Å². The van der Waals surface area contributed by atoms with Crippen LogP contribution in [0.4, 0.5) is 0 Å². The molecule has 0 radical (unpaired) electrons. The van der Waals surface area contributed by atoms with Crippen molar-refractivity contribution in [2.24, 2.45) is 4.99 Å². The van der Waals surface area contributed by atoms with Gasteiger partial charge in [-0.2, -0.15) is 0 Å². The number of hydrogen-bond acceptors (Lipinski definition) is 4. The lowest BCUT2D eigenvalue weighted by Gasteiger charge is -2.20. The zero-order chi connectivity index (χ0) is 21.4. The van der Waals surface area contributed by atoms with E-state index in [0.29, 0.717) is 34.7 Å². The standard InChI is InChI=1S/C21H28ClN3O3S.HI/c1-5-17(28-19-9-7-6-8-18(19)22)14-25-21(23-3)24-13-16-10-11-20(15(2)12-16)29(4,26)27;/h6-12,17H,5,13-14H2,1-4H3,(H2,23,24,25);1H. The lowest BCUT2D eigenvalue weighted by Crippen LogP contribution is -2.42. The molecule has 0 amide bonds. The molecule has 0 heterocycles. The van der Waals surface area contributed by atoms with E-state index in [2.05, 4.69) is 15.6 Å². The van der Waals surface area contributed by atoms with E-state index < -0.39 is 9.84 Å². The molecule has 0 fully saturated rings. The first-order chi connectivity index (χ1) is 13.7. The van der Waals surface area contributed by atoms with Gasteiger partial charge in [-0.05, 0) is 42.7 Å². The van der Waals surface area contributed by atoms with Crippen molar-refractivity contribution in [3.05, 3.63) is 58.6 Å². The van der Waals surface area contributed by atoms with Gasteiger partial charge in [-0.1, -0.05) is 42.8 Å². The highest BCUT2D eigenvalue weighted by molar-refractivity contribution is 14.0. The summed E-state index contributed by atoms with van der Waals surface area (Å²) in [7, 11) is -1.52. The molecule has 0 bridgehead atoms. The normalized spacial score (nSPS) is 12.6. The molecule has 0 saturated carbocycles. The minimum Gasteiger partial charge on any atom is -0.487 e. The molecule has 2 aromatic carbocycles. The minimum atomic E-state index is -3.22. The number of hydrogen-bond donors (Lipinski definition) is 2. The third kappa shape index (κ3) is 7.96. The van der Waals surface area contributed by atoms with Gasteiger partial charge in [0, 0.05) is 19.8 Å². The molecule has 0 aliphatic carbocycles. The predicted molar refractivity (Wildman–Crippen MR) is 134 cm³/mol. The van der Waals surface area contributed by atoms with Gasteiger partial charge in [-0.15, -0.1) is 24.0 Å². The summed E-state index contributed by atoms with van der Waals surface area (Å²) >= 11 is 6.17. The molecule has 2 aromatic rings. The van der Waals surface area contributed by atoms with Gasteiger partial charge in [-0.3, -0.25) is 4.99 Å². The summed E-state index contributed by atoms with van der Waals surface area (Å²) in [5.41, 5.74) is 1.70. The van der Waals surface area contributed by atoms with E-state index in [4.69, 9.17) is 16.3 Å². The molecule has 6 nitrogen and oxygen atoms in total. The smallest absolute Gasteiger partial charge is 0.191 e. The van der Waals surface area contributed by atoms with E-state index in [1.807, 2.05) is 31.2 Å². The van der Waals surface area contributed by atoms with Crippen LogP contribution in [0.5, 0.6) is 5.75 Å². The molecular weight excluding hydrogens is 537 g/mol. The second-order valence-electron chi connectivity index (χ2n) is 6.76. The molecule has 2 N–H and O–H groups in total. The molecule has 166 valence electrons. The highest BCUT2D eigenvalue weighted by Crippen LogP contribution is 2.24. The summed E-state index contributed by atoms with van der Waals surface area (Å²) in [5.74, 6) is 1.29. The lowest BCUT2D eigenvalue weighted by molar-refractivity contribution is 0.199. The monoisotopic (exact) mass is 565 g/mol. The first-order valence-electron chi connectivity index (χ1n) is 9.39. The van der Waals surface area contributed by atoms with Crippen LogP contribution in [0.1, 0.15) is 24.5 Å².